The molecular formula is C28H49BNO2. The van der Waals surface area contributed by atoms with Crippen LogP contribution < -0.4 is 5.32 Å². The molecule has 0 saturated heterocycles. The van der Waals surface area contributed by atoms with Gasteiger partial charge in [-0.1, -0.05) is 76.8 Å². The van der Waals surface area contributed by atoms with Gasteiger partial charge in [-0.25, -0.2) is 0 Å². The van der Waals surface area contributed by atoms with Gasteiger partial charge in [-0.2, -0.15) is 0 Å². The third-order valence-corrected chi connectivity index (χ3v) is 10.1. The lowest BCUT2D eigenvalue weighted by atomic mass is 9.51. The third kappa shape index (κ3) is 6.33. The fourth-order valence-electron chi connectivity index (χ4n) is 7.79. The van der Waals surface area contributed by atoms with Crippen LogP contribution in [0.5, 0.6) is 0 Å². The molecule has 0 atom stereocenters. The van der Waals surface area contributed by atoms with Crippen LogP contribution >= 0.6 is 0 Å². The summed E-state index contributed by atoms with van der Waals surface area (Å²) < 4.78 is 6.12. The highest BCUT2D eigenvalue weighted by Crippen LogP contribution is 2.58. The summed E-state index contributed by atoms with van der Waals surface area (Å²) in [5.41, 5.74) is 0.660. The van der Waals surface area contributed by atoms with E-state index in [2.05, 4.69) is 19.4 Å². The van der Waals surface area contributed by atoms with Gasteiger partial charge in [0.2, 0.25) is 5.91 Å². The van der Waals surface area contributed by atoms with Gasteiger partial charge in [0.05, 0.1) is 6.10 Å². The lowest BCUT2D eigenvalue weighted by Crippen LogP contribution is -2.58. The molecule has 3 nitrogen and oxygen atoms in total. The van der Waals surface area contributed by atoms with Gasteiger partial charge < -0.3 is 10.1 Å². The lowest BCUT2D eigenvalue weighted by molar-refractivity contribution is -0.133. The van der Waals surface area contributed by atoms with Crippen molar-refractivity contribution >= 4 is 13.2 Å². The first-order valence-electron chi connectivity index (χ1n) is 14.4. The molecule has 5 aliphatic carbocycles. The average Bonchev–Trinajstić information content (AvgIpc) is 2.93. The van der Waals surface area contributed by atoms with Crippen molar-refractivity contribution in [3.63, 3.8) is 0 Å². The van der Waals surface area contributed by atoms with Crippen LogP contribution in [-0.2, 0) is 9.53 Å². The summed E-state index contributed by atoms with van der Waals surface area (Å²) in [6.07, 6.45) is 26.6. The standard InChI is InChI=1S/C28H49BNO2/c1-29-24-12-8-10-23(11-9-13-24)27-16-19-28(20-17-27,21-18-27)30-26(31)22-32-25-14-6-4-2-3-5-7-15-25/h23-25H,2-22H2,1H3,(H,30,31). The van der Waals surface area contributed by atoms with E-state index < -0.39 is 0 Å². The number of carbonyl (C=O) groups is 1. The Morgan fingerprint density at radius 1 is 0.781 bits per heavy atom. The highest BCUT2D eigenvalue weighted by molar-refractivity contribution is 6.35. The molecule has 1 radical (unpaired) electrons. The Balaban J connectivity index is 1.22. The Morgan fingerprint density at radius 3 is 1.91 bits per heavy atom. The molecule has 0 aromatic heterocycles. The van der Waals surface area contributed by atoms with Crippen molar-refractivity contribution in [1.29, 1.82) is 0 Å². The minimum Gasteiger partial charge on any atom is -0.368 e. The molecule has 1 N–H and O–H groups in total. The second-order valence-electron chi connectivity index (χ2n) is 12.0. The Labute approximate surface area is 198 Å². The summed E-state index contributed by atoms with van der Waals surface area (Å²) in [5.74, 6) is 1.94. The van der Waals surface area contributed by atoms with Gasteiger partial charge >= 0.3 is 0 Å². The fourth-order valence-corrected chi connectivity index (χ4v) is 7.79. The lowest BCUT2D eigenvalue weighted by Gasteiger charge is -2.57. The number of rotatable bonds is 6. The van der Waals surface area contributed by atoms with Crippen LogP contribution in [0.3, 0.4) is 0 Å². The molecule has 5 fully saturated rings. The molecule has 0 aliphatic heterocycles. The first kappa shape index (κ1) is 24.6. The minimum atomic E-state index is 0.0739. The molecule has 32 heavy (non-hydrogen) atoms. The first-order chi connectivity index (χ1) is 15.6. The van der Waals surface area contributed by atoms with Gasteiger partial charge in [0.1, 0.15) is 13.9 Å². The van der Waals surface area contributed by atoms with Crippen LogP contribution in [0.15, 0.2) is 0 Å². The largest absolute Gasteiger partial charge is 0.368 e. The summed E-state index contributed by atoms with van der Waals surface area (Å²) in [7, 11) is 2.44. The van der Waals surface area contributed by atoms with Crippen molar-refractivity contribution in [2.24, 2.45) is 11.3 Å². The van der Waals surface area contributed by atoms with Crippen LogP contribution in [0.2, 0.25) is 12.6 Å². The zero-order chi connectivity index (χ0) is 22.3. The van der Waals surface area contributed by atoms with E-state index >= 15 is 0 Å². The number of hydrogen-bond donors (Lipinski definition) is 1. The maximum absolute atomic E-state index is 12.8. The fraction of sp³-hybridized carbons (Fsp3) is 0.964. The maximum Gasteiger partial charge on any atom is 0.246 e. The number of nitrogens with one attached hydrogen (secondary N) is 1. The van der Waals surface area contributed by atoms with E-state index in [1.165, 1.54) is 116 Å². The second kappa shape index (κ2) is 11.8. The van der Waals surface area contributed by atoms with Gasteiger partial charge in [-0.15, -0.1) is 0 Å². The summed E-state index contributed by atoms with van der Waals surface area (Å²) in [6, 6.07) is 0. The molecule has 0 spiro atoms. The van der Waals surface area contributed by atoms with Crippen molar-refractivity contribution < 1.29 is 9.53 Å². The highest BCUT2D eigenvalue weighted by atomic mass is 16.5. The molecule has 4 heteroatoms. The third-order valence-electron chi connectivity index (χ3n) is 10.1. The monoisotopic (exact) mass is 442 g/mol. The first-order valence-corrected chi connectivity index (χ1v) is 14.4. The molecule has 0 aromatic rings. The van der Waals surface area contributed by atoms with E-state index in [1.807, 2.05) is 0 Å². The topological polar surface area (TPSA) is 38.3 Å². The van der Waals surface area contributed by atoms with Crippen LogP contribution in [0, 0.1) is 11.3 Å². The maximum atomic E-state index is 12.8. The average molecular weight is 443 g/mol. The Bertz CT molecular complexity index is 549. The smallest absolute Gasteiger partial charge is 0.246 e. The van der Waals surface area contributed by atoms with Crippen LogP contribution in [-0.4, -0.2) is 31.4 Å². The highest BCUT2D eigenvalue weighted by Gasteiger charge is 2.52. The molecule has 0 unspecified atom stereocenters. The number of hydrogen-bond acceptors (Lipinski definition) is 2. The number of ether oxygens (including phenoxy) is 1. The molecule has 0 aromatic carbocycles. The second-order valence-corrected chi connectivity index (χ2v) is 12.0. The molecule has 0 heterocycles. The molecular weight excluding hydrogens is 393 g/mol. The van der Waals surface area contributed by atoms with E-state index in [9.17, 15) is 4.79 Å². The predicted octanol–water partition coefficient (Wildman–Crippen LogP) is 7.23. The normalized spacial score (nSPS) is 37.4. The van der Waals surface area contributed by atoms with Crippen LogP contribution in [0.4, 0.5) is 0 Å². The van der Waals surface area contributed by atoms with Gasteiger partial charge in [-0.05, 0) is 75.5 Å². The predicted molar refractivity (Wildman–Crippen MR) is 134 cm³/mol. The van der Waals surface area contributed by atoms with Crippen molar-refractivity contribution in [2.45, 2.75) is 153 Å². The number of fused-ring (bicyclic) bond motifs is 3. The Hall–Kier alpha value is -0.505. The Kier molecular flexibility index (Phi) is 9.05. The van der Waals surface area contributed by atoms with E-state index in [-0.39, 0.29) is 18.1 Å². The Morgan fingerprint density at radius 2 is 1.34 bits per heavy atom. The summed E-state index contributed by atoms with van der Waals surface area (Å²) in [6.45, 7) is 2.53. The van der Waals surface area contributed by atoms with E-state index in [4.69, 9.17) is 4.74 Å². The number of carbonyl (C=O) groups excluding carboxylic acids is 1. The van der Waals surface area contributed by atoms with Crippen LogP contribution in [0.25, 0.3) is 0 Å². The zero-order valence-corrected chi connectivity index (χ0v) is 21.0. The molecule has 2 bridgehead atoms. The molecule has 5 rings (SSSR count). The van der Waals surface area contributed by atoms with Crippen LogP contribution in [0.1, 0.15) is 128 Å². The van der Waals surface area contributed by atoms with Crippen molar-refractivity contribution in [1.82, 2.24) is 5.32 Å². The van der Waals surface area contributed by atoms with E-state index in [0.29, 0.717) is 11.5 Å². The van der Waals surface area contributed by atoms with Gasteiger partial charge in [0, 0.05) is 5.54 Å². The summed E-state index contributed by atoms with van der Waals surface area (Å²) in [4.78, 5) is 12.8. The SMILES string of the molecule is C[B]C1CCCC(C23CCC(NC(=O)COC4CCCCCCCC4)(CC2)CC3)CCC1. The van der Waals surface area contributed by atoms with Crippen molar-refractivity contribution in [3.8, 4) is 0 Å². The van der Waals surface area contributed by atoms with Gasteiger partial charge in [0.25, 0.3) is 0 Å². The van der Waals surface area contributed by atoms with E-state index in [1.54, 1.807) is 0 Å². The quantitative estimate of drug-likeness (QED) is 0.441. The molecule has 181 valence electrons. The van der Waals surface area contributed by atoms with Gasteiger partial charge in [-0.3, -0.25) is 4.79 Å². The molecule has 5 saturated carbocycles. The van der Waals surface area contributed by atoms with Crippen molar-refractivity contribution in [3.05, 3.63) is 0 Å². The van der Waals surface area contributed by atoms with Gasteiger partial charge in [0.15, 0.2) is 0 Å². The molecule has 1 amide bonds. The summed E-state index contributed by atoms with van der Waals surface area (Å²) in [5, 5.41) is 3.49. The summed E-state index contributed by atoms with van der Waals surface area (Å²) >= 11 is 0. The number of amides is 1. The van der Waals surface area contributed by atoms with E-state index in [0.717, 1.165) is 24.6 Å². The zero-order valence-electron chi connectivity index (χ0n) is 21.0. The minimum absolute atomic E-state index is 0.0739. The van der Waals surface area contributed by atoms with Crippen molar-refractivity contribution in [2.75, 3.05) is 6.61 Å². The molecule has 5 aliphatic rings.